The summed E-state index contributed by atoms with van der Waals surface area (Å²) in [6, 6.07) is 12.8. The molecule has 0 aromatic heterocycles. The second-order valence-corrected chi connectivity index (χ2v) is 11.7. The fourth-order valence-corrected chi connectivity index (χ4v) is 5.50. The molecule has 3 amide bonds. The lowest BCUT2D eigenvalue weighted by molar-refractivity contribution is -0.127. The number of aliphatic hydroxyl groups excluding tert-OH is 1. The Kier molecular flexibility index (Phi) is 13.0. The molecule has 226 valence electrons. The summed E-state index contributed by atoms with van der Waals surface area (Å²) in [6.07, 6.45) is -1.46. The average molecular weight is 593 g/mol. The van der Waals surface area contributed by atoms with Gasteiger partial charge in [0.1, 0.15) is 18.4 Å². The summed E-state index contributed by atoms with van der Waals surface area (Å²) in [5.74, 6) is -0.937. The maximum absolute atomic E-state index is 13.6. The van der Waals surface area contributed by atoms with Gasteiger partial charge >= 0.3 is 6.09 Å². The molecule has 5 N–H and O–H groups in total. The fraction of sp³-hybridized carbons (Fsp3) is 0.464. The molecule has 0 radical (unpaired) electrons. The summed E-state index contributed by atoms with van der Waals surface area (Å²) >= 11 is 0. The normalized spacial score (nSPS) is 14.4. The van der Waals surface area contributed by atoms with Crippen molar-refractivity contribution in [3.05, 3.63) is 60.2 Å². The number of amides is 3. The Hall–Kier alpha value is -3.68. The van der Waals surface area contributed by atoms with Crippen LogP contribution in [0.4, 0.5) is 4.79 Å². The molecular formula is C28H40N4O8S. The molecule has 13 heteroatoms. The van der Waals surface area contributed by atoms with E-state index in [0.717, 1.165) is 5.56 Å². The van der Waals surface area contributed by atoms with Gasteiger partial charge in [-0.1, -0.05) is 50.6 Å². The Morgan fingerprint density at radius 3 is 2.20 bits per heavy atom. The monoisotopic (exact) mass is 592 g/mol. The number of ether oxygens (including phenoxy) is 2. The molecule has 0 unspecified atom stereocenters. The number of rotatable bonds is 16. The Bertz CT molecular complexity index is 1240. The van der Waals surface area contributed by atoms with E-state index in [9.17, 15) is 27.9 Å². The predicted octanol–water partition coefficient (Wildman–Crippen LogP) is 1.42. The van der Waals surface area contributed by atoms with Crippen molar-refractivity contribution >= 4 is 27.9 Å². The number of nitrogens with one attached hydrogen (secondary N) is 2. The number of alkyl carbamates (subject to hydrolysis) is 1. The van der Waals surface area contributed by atoms with Crippen LogP contribution in [0.3, 0.4) is 0 Å². The zero-order valence-electron chi connectivity index (χ0n) is 23.8. The molecule has 2 aromatic carbocycles. The summed E-state index contributed by atoms with van der Waals surface area (Å²) in [7, 11) is -2.54. The van der Waals surface area contributed by atoms with Crippen LogP contribution in [-0.4, -0.2) is 80.7 Å². The van der Waals surface area contributed by atoms with Crippen molar-refractivity contribution in [2.24, 2.45) is 11.7 Å². The number of nitrogens with two attached hydrogens (primary N) is 1. The van der Waals surface area contributed by atoms with Crippen molar-refractivity contribution in [1.82, 2.24) is 14.9 Å². The number of carbonyl (C=O) groups is 3. The highest BCUT2D eigenvalue weighted by Crippen LogP contribution is 2.22. The Morgan fingerprint density at radius 2 is 1.66 bits per heavy atom. The van der Waals surface area contributed by atoms with Crippen LogP contribution >= 0.6 is 0 Å². The first kappa shape index (κ1) is 33.5. The maximum atomic E-state index is 13.6. The molecular weight excluding hydrogens is 552 g/mol. The van der Waals surface area contributed by atoms with E-state index < -0.39 is 52.7 Å². The largest absolute Gasteiger partial charge is 0.497 e. The highest BCUT2D eigenvalue weighted by Gasteiger charge is 2.32. The van der Waals surface area contributed by atoms with Gasteiger partial charge in [-0.2, -0.15) is 4.31 Å². The molecule has 0 heterocycles. The predicted molar refractivity (Wildman–Crippen MR) is 152 cm³/mol. The molecule has 0 fully saturated rings. The summed E-state index contributed by atoms with van der Waals surface area (Å²) in [6.45, 7) is 4.33. The number of aliphatic hydroxyl groups is 1. The van der Waals surface area contributed by atoms with Gasteiger partial charge in [0.25, 0.3) is 0 Å². The van der Waals surface area contributed by atoms with Crippen LogP contribution in [0.5, 0.6) is 5.75 Å². The summed E-state index contributed by atoms with van der Waals surface area (Å²) in [5, 5.41) is 16.2. The number of methoxy groups -OCH3 is 1. The summed E-state index contributed by atoms with van der Waals surface area (Å²) in [5.41, 5.74) is 6.03. The van der Waals surface area contributed by atoms with E-state index in [-0.39, 0.29) is 30.3 Å². The summed E-state index contributed by atoms with van der Waals surface area (Å²) < 4.78 is 38.7. The number of carbonyl (C=O) groups excluding carboxylic acids is 3. The fourth-order valence-electron chi connectivity index (χ4n) is 3.92. The first-order valence-electron chi connectivity index (χ1n) is 13.2. The average Bonchev–Trinajstić information content (AvgIpc) is 2.94. The van der Waals surface area contributed by atoms with E-state index in [1.54, 1.807) is 36.4 Å². The highest BCUT2D eigenvalue weighted by atomic mass is 32.2. The topological polar surface area (TPSA) is 177 Å². The van der Waals surface area contributed by atoms with Gasteiger partial charge in [0, 0.05) is 20.0 Å². The molecule has 0 saturated carbocycles. The lowest BCUT2D eigenvalue weighted by atomic mass is 10.0. The smallest absolute Gasteiger partial charge is 0.407 e. The van der Waals surface area contributed by atoms with Crippen molar-refractivity contribution in [1.29, 1.82) is 0 Å². The molecule has 2 rings (SSSR count). The van der Waals surface area contributed by atoms with Gasteiger partial charge in [0.2, 0.25) is 21.8 Å². The number of hydrogen-bond acceptors (Lipinski definition) is 8. The molecule has 4 atom stereocenters. The van der Waals surface area contributed by atoms with E-state index in [1.165, 1.54) is 30.5 Å². The molecule has 0 bridgehead atoms. The second kappa shape index (κ2) is 15.9. The Morgan fingerprint density at radius 1 is 1.02 bits per heavy atom. The lowest BCUT2D eigenvalue weighted by Crippen LogP contribution is -2.52. The lowest BCUT2D eigenvalue weighted by Gasteiger charge is -2.31. The molecule has 41 heavy (non-hydrogen) atoms. The van der Waals surface area contributed by atoms with E-state index >= 15 is 0 Å². The zero-order chi connectivity index (χ0) is 30.6. The number of sulfonamides is 1. The van der Waals surface area contributed by atoms with Crippen LogP contribution in [0.2, 0.25) is 0 Å². The third kappa shape index (κ3) is 10.7. The minimum Gasteiger partial charge on any atom is -0.497 e. The Labute approximate surface area is 241 Å². The molecule has 0 aliphatic heterocycles. The standard InChI is InChI=1S/C28H40N4O8S/c1-5-19(2)16-32(41(37,38)23-13-11-22(39-4)12-14-23)17-26(34)24(15-21-9-7-6-8-10-21)31-28(36)40-18-25(27(29)35)30-20(3)33/h6-14,19,24-26,34H,5,15-18H2,1-4H3,(H2,29,35)(H,30,33)(H,31,36)/t19-,24-,25-,26+/m0/s1. The molecule has 2 aromatic rings. The third-order valence-corrected chi connectivity index (χ3v) is 8.31. The highest BCUT2D eigenvalue weighted by molar-refractivity contribution is 7.89. The van der Waals surface area contributed by atoms with Gasteiger partial charge in [-0.15, -0.1) is 0 Å². The molecule has 0 aliphatic carbocycles. The molecule has 12 nitrogen and oxygen atoms in total. The minimum absolute atomic E-state index is 0.0137. The Balaban J connectivity index is 2.29. The van der Waals surface area contributed by atoms with Crippen molar-refractivity contribution in [3.8, 4) is 5.75 Å². The number of nitrogens with zero attached hydrogens (tertiary/aromatic N) is 1. The van der Waals surface area contributed by atoms with Crippen molar-refractivity contribution in [2.75, 3.05) is 26.8 Å². The molecule has 0 aliphatic rings. The van der Waals surface area contributed by atoms with Gasteiger partial charge in [-0.05, 0) is 42.2 Å². The van der Waals surface area contributed by atoms with E-state index in [0.29, 0.717) is 12.2 Å². The van der Waals surface area contributed by atoms with Gasteiger partial charge in [0.05, 0.1) is 24.2 Å². The van der Waals surface area contributed by atoms with Gasteiger partial charge < -0.3 is 30.9 Å². The van der Waals surface area contributed by atoms with Crippen molar-refractivity contribution in [2.45, 2.75) is 56.7 Å². The van der Waals surface area contributed by atoms with Crippen LogP contribution in [0.15, 0.2) is 59.5 Å². The van der Waals surface area contributed by atoms with Crippen LogP contribution in [0.1, 0.15) is 32.8 Å². The second-order valence-electron chi connectivity index (χ2n) is 9.77. The first-order chi connectivity index (χ1) is 19.4. The van der Waals surface area contributed by atoms with Gasteiger partial charge in [-0.3, -0.25) is 9.59 Å². The van der Waals surface area contributed by atoms with Crippen LogP contribution in [0, 0.1) is 5.92 Å². The van der Waals surface area contributed by atoms with Crippen molar-refractivity contribution in [3.63, 3.8) is 0 Å². The first-order valence-corrected chi connectivity index (χ1v) is 14.7. The summed E-state index contributed by atoms with van der Waals surface area (Å²) in [4.78, 5) is 35.6. The third-order valence-electron chi connectivity index (χ3n) is 6.47. The number of benzene rings is 2. The zero-order valence-corrected chi connectivity index (χ0v) is 24.6. The molecule has 0 spiro atoms. The SMILES string of the molecule is CC[C@H](C)CN(C[C@@H](O)[C@H](Cc1ccccc1)NC(=O)OC[C@H](NC(C)=O)C(N)=O)S(=O)(=O)c1ccc(OC)cc1. The maximum Gasteiger partial charge on any atom is 0.407 e. The minimum atomic E-state index is -4.02. The van der Waals surface area contributed by atoms with Crippen LogP contribution < -0.4 is 21.1 Å². The van der Waals surface area contributed by atoms with Gasteiger partial charge in [-0.25, -0.2) is 13.2 Å². The van der Waals surface area contributed by atoms with E-state index in [4.69, 9.17) is 15.2 Å². The van der Waals surface area contributed by atoms with Crippen LogP contribution in [-0.2, 0) is 30.8 Å². The number of hydrogen-bond donors (Lipinski definition) is 4. The molecule has 0 saturated heterocycles. The van der Waals surface area contributed by atoms with Crippen molar-refractivity contribution < 1.29 is 37.4 Å². The quantitative estimate of drug-likeness (QED) is 0.226. The number of primary amides is 1. The van der Waals surface area contributed by atoms with Gasteiger partial charge in [0.15, 0.2) is 0 Å². The van der Waals surface area contributed by atoms with E-state index in [2.05, 4.69) is 10.6 Å². The van der Waals surface area contributed by atoms with Crippen LogP contribution in [0.25, 0.3) is 0 Å². The van der Waals surface area contributed by atoms with E-state index in [1.807, 2.05) is 19.9 Å².